The van der Waals surface area contributed by atoms with Crippen molar-refractivity contribution in [1.29, 1.82) is 0 Å². The molecule has 0 N–H and O–H groups in total. The second kappa shape index (κ2) is 7.60. The minimum atomic E-state index is 0.218. The maximum Gasteiger partial charge on any atom is 0.320 e. The summed E-state index contributed by atoms with van der Waals surface area (Å²) in [5.41, 5.74) is 5.90. The minimum absolute atomic E-state index is 0.218. The van der Waals surface area contributed by atoms with Gasteiger partial charge in [-0.2, -0.15) is 0 Å². The summed E-state index contributed by atoms with van der Waals surface area (Å²) in [6.07, 6.45) is 10.3. The molecular formula is C25H33N3O2. The molecule has 5 heteroatoms. The molecule has 1 aromatic carbocycles. The van der Waals surface area contributed by atoms with Crippen molar-refractivity contribution in [3.8, 4) is 0 Å². The number of ether oxygens (including phenoxy) is 1. The number of carbonyl (C=O) groups is 1. The van der Waals surface area contributed by atoms with E-state index in [1.165, 1.54) is 60.7 Å². The first-order valence-corrected chi connectivity index (χ1v) is 12.1. The fraction of sp³-hybridized carbons (Fsp3) is 0.640. The Labute approximate surface area is 179 Å². The van der Waals surface area contributed by atoms with Gasteiger partial charge in [0.25, 0.3) is 0 Å². The smallest absolute Gasteiger partial charge is 0.320 e. The third kappa shape index (κ3) is 2.96. The number of hydrogen-bond donors (Lipinski definition) is 0. The van der Waals surface area contributed by atoms with E-state index in [0.717, 1.165) is 44.9 Å². The standard InChI is InChI=1S/C25H33N3O2/c29-25(26-13-15-30-16-14-26)28-12-11-27-22-10-9-19(18-5-2-1-3-6-18)17-21(22)20-7-4-8-23(28)24(20)27/h9-10,17-18,23H,1-8,11-16H2. The number of aryl methyl sites for hydroxylation is 1. The molecular weight excluding hydrogens is 374 g/mol. The highest BCUT2D eigenvalue weighted by atomic mass is 16.5. The van der Waals surface area contributed by atoms with Crippen LogP contribution < -0.4 is 0 Å². The van der Waals surface area contributed by atoms with Crippen molar-refractivity contribution in [1.82, 2.24) is 14.4 Å². The normalized spacial score (nSPS) is 24.9. The summed E-state index contributed by atoms with van der Waals surface area (Å²) < 4.78 is 8.01. The number of carbonyl (C=O) groups excluding carboxylic acids is 1. The van der Waals surface area contributed by atoms with Crippen molar-refractivity contribution in [3.63, 3.8) is 0 Å². The van der Waals surface area contributed by atoms with E-state index >= 15 is 0 Å². The molecule has 4 aliphatic rings. The molecule has 0 radical (unpaired) electrons. The Balaban J connectivity index is 1.37. The van der Waals surface area contributed by atoms with Gasteiger partial charge >= 0.3 is 6.03 Å². The predicted molar refractivity (Wildman–Crippen MR) is 118 cm³/mol. The van der Waals surface area contributed by atoms with E-state index in [-0.39, 0.29) is 12.1 Å². The van der Waals surface area contributed by atoms with Gasteiger partial charge in [-0.15, -0.1) is 0 Å². The molecule has 5 nitrogen and oxygen atoms in total. The highest BCUT2D eigenvalue weighted by Crippen LogP contribution is 2.44. The minimum Gasteiger partial charge on any atom is -0.378 e. The summed E-state index contributed by atoms with van der Waals surface area (Å²) in [7, 11) is 0. The number of aromatic nitrogens is 1. The second-order valence-electron chi connectivity index (χ2n) is 9.61. The van der Waals surface area contributed by atoms with Gasteiger partial charge in [0.05, 0.1) is 19.3 Å². The molecule has 1 atom stereocenters. The Hall–Kier alpha value is -2.01. The average molecular weight is 408 g/mol. The van der Waals surface area contributed by atoms with Crippen molar-refractivity contribution in [2.24, 2.45) is 0 Å². The van der Waals surface area contributed by atoms with Crippen LogP contribution in [0.5, 0.6) is 0 Å². The highest BCUT2D eigenvalue weighted by Gasteiger charge is 2.38. The van der Waals surface area contributed by atoms with Crippen molar-refractivity contribution in [2.45, 2.75) is 69.9 Å². The average Bonchev–Trinajstić information content (AvgIpc) is 3.15. The molecule has 1 aromatic heterocycles. The van der Waals surface area contributed by atoms with Crippen molar-refractivity contribution >= 4 is 16.9 Å². The second-order valence-corrected chi connectivity index (χ2v) is 9.61. The van der Waals surface area contributed by atoms with Gasteiger partial charge in [-0.25, -0.2) is 4.79 Å². The summed E-state index contributed by atoms with van der Waals surface area (Å²) in [4.78, 5) is 17.5. The van der Waals surface area contributed by atoms with Crippen LogP contribution in [0.1, 0.15) is 73.7 Å². The van der Waals surface area contributed by atoms with Crippen LogP contribution in [0.25, 0.3) is 10.9 Å². The number of nitrogens with zero attached hydrogens (tertiary/aromatic N) is 3. The third-order valence-electron chi connectivity index (χ3n) is 8.00. The first-order valence-electron chi connectivity index (χ1n) is 12.1. The molecule has 2 aromatic rings. The summed E-state index contributed by atoms with van der Waals surface area (Å²) in [6, 6.07) is 7.75. The molecule has 2 amide bonds. The zero-order valence-corrected chi connectivity index (χ0v) is 17.9. The highest BCUT2D eigenvalue weighted by molar-refractivity contribution is 5.88. The number of urea groups is 1. The fourth-order valence-electron chi connectivity index (χ4n) is 6.48. The summed E-state index contributed by atoms with van der Waals surface area (Å²) >= 11 is 0. The van der Waals surface area contributed by atoms with Gasteiger partial charge in [0, 0.05) is 42.8 Å². The van der Waals surface area contributed by atoms with Crippen LogP contribution in [0.15, 0.2) is 18.2 Å². The van der Waals surface area contributed by atoms with Gasteiger partial charge in [0.1, 0.15) is 0 Å². The molecule has 160 valence electrons. The van der Waals surface area contributed by atoms with E-state index in [4.69, 9.17) is 4.74 Å². The Morgan fingerprint density at radius 3 is 2.60 bits per heavy atom. The zero-order valence-electron chi connectivity index (χ0n) is 17.9. The molecule has 6 rings (SSSR count). The van der Waals surface area contributed by atoms with Crippen LogP contribution >= 0.6 is 0 Å². The van der Waals surface area contributed by atoms with E-state index in [0.29, 0.717) is 13.2 Å². The number of hydrogen-bond acceptors (Lipinski definition) is 2. The maximum atomic E-state index is 13.3. The lowest BCUT2D eigenvalue weighted by Gasteiger charge is -2.42. The third-order valence-corrected chi connectivity index (χ3v) is 8.00. The van der Waals surface area contributed by atoms with Gasteiger partial charge in [0.15, 0.2) is 0 Å². The van der Waals surface area contributed by atoms with Crippen molar-refractivity contribution in [2.75, 3.05) is 32.8 Å². The summed E-state index contributed by atoms with van der Waals surface area (Å²) in [6.45, 7) is 4.52. The number of morpholine rings is 1. The first kappa shape index (κ1) is 18.7. The molecule has 1 unspecified atom stereocenters. The first-order chi connectivity index (χ1) is 14.8. The number of rotatable bonds is 1. The lowest BCUT2D eigenvalue weighted by atomic mass is 9.83. The quantitative estimate of drug-likeness (QED) is 0.679. The molecule has 1 saturated heterocycles. The number of amides is 2. The maximum absolute atomic E-state index is 13.3. The topological polar surface area (TPSA) is 37.7 Å². The van der Waals surface area contributed by atoms with Gasteiger partial charge < -0.3 is 19.1 Å². The molecule has 30 heavy (non-hydrogen) atoms. The predicted octanol–water partition coefficient (Wildman–Crippen LogP) is 4.83. The Bertz CT molecular complexity index is 953. The van der Waals surface area contributed by atoms with Gasteiger partial charge in [-0.3, -0.25) is 0 Å². The van der Waals surface area contributed by atoms with E-state index in [2.05, 4.69) is 27.7 Å². The van der Waals surface area contributed by atoms with Gasteiger partial charge in [-0.05, 0) is 61.3 Å². The lowest BCUT2D eigenvalue weighted by Crippen LogP contribution is -2.52. The molecule has 2 aliphatic carbocycles. The van der Waals surface area contributed by atoms with Crippen LogP contribution in [0, 0.1) is 0 Å². The largest absolute Gasteiger partial charge is 0.378 e. The van der Waals surface area contributed by atoms with Crippen LogP contribution in [-0.2, 0) is 17.7 Å². The zero-order chi connectivity index (χ0) is 20.1. The van der Waals surface area contributed by atoms with E-state index in [1.807, 2.05) is 4.90 Å². The lowest BCUT2D eigenvalue weighted by molar-refractivity contribution is 0.0349. The summed E-state index contributed by atoms with van der Waals surface area (Å²) in [5, 5.41) is 1.47. The van der Waals surface area contributed by atoms with E-state index < -0.39 is 0 Å². The van der Waals surface area contributed by atoms with Gasteiger partial charge in [0.2, 0.25) is 0 Å². The van der Waals surface area contributed by atoms with Crippen LogP contribution in [0.3, 0.4) is 0 Å². The number of benzene rings is 1. The Morgan fingerprint density at radius 2 is 1.77 bits per heavy atom. The van der Waals surface area contributed by atoms with Crippen molar-refractivity contribution < 1.29 is 9.53 Å². The van der Waals surface area contributed by atoms with Gasteiger partial charge in [-0.1, -0.05) is 25.3 Å². The van der Waals surface area contributed by atoms with Crippen LogP contribution in [0.2, 0.25) is 0 Å². The molecule has 0 spiro atoms. The Kier molecular flexibility index (Phi) is 4.74. The fourth-order valence-corrected chi connectivity index (χ4v) is 6.48. The molecule has 0 bridgehead atoms. The van der Waals surface area contributed by atoms with Crippen molar-refractivity contribution in [3.05, 3.63) is 35.0 Å². The van der Waals surface area contributed by atoms with Crippen LogP contribution in [0.4, 0.5) is 4.79 Å². The molecule has 2 fully saturated rings. The number of fused-ring (bicyclic) bond motifs is 3. The molecule has 2 aliphatic heterocycles. The summed E-state index contributed by atoms with van der Waals surface area (Å²) in [5.74, 6) is 0.742. The molecule has 3 heterocycles. The Morgan fingerprint density at radius 1 is 0.933 bits per heavy atom. The van der Waals surface area contributed by atoms with E-state index in [1.54, 1.807) is 5.56 Å². The monoisotopic (exact) mass is 407 g/mol. The van der Waals surface area contributed by atoms with Crippen LogP contribution in [-0.4, -0.2) is 53.2 Å². The SMILES string of the molecule is O=C(N1CCOCC1)N1CCn2c3c(c4cc(C5CCCCC5)ccc42)CCCC31. The van der Waals surface area contributed by atoms with E-state index in [9.17, 15) is 4.79 Å². The molecule has 1 saturated carbocycles.